The zero-order valence-corrected chi connectivity index (χ0v) is 16.1. The van der Waals surface area contributed by atoms with Crippen molar-refractivity contribution in [3.63, 3.8) is 0 Å². The van der Waals surface area contributed by atoms with Crippen LogP contribution >= 0.6 is 0 Å². The van der Waals surface area contributed by atoms with Gasteiger partial charge in [-0.2, -0.15) is 0 Å². The summed E-state index contributed by atoms with van der Waals surface area (Å²) in [6, 6.07) is 14.9. The molecule has 1 atom stereocenters. The first-order valence-corrected chi connectivity index (χ1v) is 9.68. The summed E-state index contributed by atoms with van der Waals surface area (Å²) in [4.78, 5) is 16.5. The number of benzene rings is 2. The van der Waals surface area contributed by atoms with Crippen molar-refractivity contribution in [1.82, 2.24) is 4.90 Å². The number of piperazine rings is 1. The molecule has 2 aromatic rings. The van der Waals surface area contributed by atoms with Gasteiger partial charge in [-0.25, -0.2) is 4.39 Å². The Kier molecular flexibility index (Phi) is 6.45. The number of para-hydroxylation sites is 1. The molecule has 1 N–H and O–H groups in total. The Labute approximate surface area is 161 Å². The summed E-state index contributed by atoms with van der Waals surface area (Å²) < 4.78 is 13.9. The second-order valence-electron chi connectivity index (χ2n) is 7.19. The molecule has 0 saturated carbocycles. The number of halogens is 1. The Morgan fingerprint density at radius 3 is 2.37 bits per heavy atom. The van der Waals surface area contributed by atoms with Crippen molar-refractivity contribution < 1.29 is 9.18 Å². The first-order chi connectivity index (χ1) is 13.1. The molecule has 0 bridgehead atoms. The Hall–Kier alpha value is -2.40. The first kappa shape index (κ1) is 19.4. The predicted molar refractivity (Wildman–Crippen MR) is 109 cm³/mol. The van der Waals surface area contributed by atoms with Crippen LogP contribution in [0.25, 0.3) is 0 Å². The van der Waals surface area contributed by atoms with E-state index < -0.39 is 0 Å². The van der Waals surface area contributed by atoms with E-state index in [1.807, 2.05) is 23.1 Å². The smallest absolute Gasteiger partial charge is 0.238 e. The molecule has 3 rings (SSSR count). The summed E-state index contributed by atoms with van der Waals surface area (Å²) in [5.41, 5.74) is 2.76. The second kappa shape index (κ2) is 9.00. The maximum atomic E-state index is 13.9. The summed E-state index contributed by atoms with van der Waals surface area (Å²) in [5.74, 6) is 0.329. The number of amides is 1. The van der Waals surface area contributed by atoms with Crippen LogP contribution in [0, 0.1) is 5.82 Å². The fraction of sp³-hybridized carbons (Fsp3) is 0.409. The minimum Gasteiger partial charge on any atom is -0.367 e. The van der Waals surface area contributed by atoms with Gasteiger partial charge >= 0.3 is 0 Å². The number of carbonyl (C=O) groups is 1. The third-order valence-corrected chi connectivity index (χ3v) is 5.31. The molecule has 1 fully saturated rings. The van der Waals surface area contributed by atoms with Crippen molar-refractivity contribution in [3.05, 3.63) is 59.9 Å². The molecule has 144 valence electrons. The van der Waals surface area contributed by atoms with Crippen molar-refractivity contribution in [2.45, 2.75) is 26.2 Å². The zero-order chi connectivity index (χ0) is 19.2. The SMILES string of the molecule is CC[C@H](C)c1ccc(NC(=O)CN2CCN(c3ccccc3F)CC2)cc1. The van der Waals surface area contributed by atoms with Crippen molar-refractivity contribution in [2.24, 2.45) is 0 Å². The van der Waals surface area contributed by atoms with Gasteiger partial charge in [0, 0.05) is 31.9 Å². The molecule has 0 spiro atoms. The average Bonchev–Trinajstić information content (AvgIpc) is 2.69. The van der Waals surface area contributed by atoms with E-state index in [4.69, 9.17) is 0 Å². The fourth-order valence-corrected chi connectivity index (χ4v) is 3.39. The maximum absolute atomic E-state index is 13.9. The quantitative estimate of drug-likeness (QED) is 0.833. The summed E-state index contributed by atoms with van der Waals surface area (Å²) in [7, 11) is 0. The lowest BCUT2D eigenvalue weighted by molar-refractivity contribution is -0.117. The molecule has 0 unspecified atom stereocenters. The van der Waals surface area contributed by atoms with Crippen LogP contribution in [-0.4, -0.2) is 43.5 Å². The highest BCUT2D eigenvalue weighted by Gasteiger charge is 2.20. The van der Waals surface area contributed by atoms with Crippen molar-refractivity contribution in [3.8, 4) is 0 Å². The van der Waals surface area contributed by atoms with E-state index in [2.05, 4.69) is 36.2 Å². The summed E-state index contributed by atoms with van der Waals surface area (Å²) in [6.45, 7) is 7.66. The van der Waals surface area contributed by atoms with Crippen molar-refractivity contribution in [2.75, 3.05) is 42.9 Å². The Bertz CT molecular complexity index is 754. The lowest BCUT2D eigenvalue weighted by Gasteiger charge is -2.35. The molecule has 1 aliphatic heterocycles. The van der Waals surface area contributed by atoms with Crippen LogP contribution in [0.4, 0.5) is 15.8 Å². The van der Waals surface area contributed by atoms with E-state index in [0.717, 1.165) is 38.3 Å². The number of hydrogen-bond donors (Lipinski definition) is 1. The van der Waals surface area contributed by atoms with E-state index in [9.17, 15) is 9.18 Å². The van der Waals surface area contributed by atoms with Crippen molar-refractivity contribution in [1.29, 1.82) is 0 Å². The molecule has 1 saturated heterocycles. The molecule has 5 heteroatoms. The van der Waals surface area contributed by atoms with Gasteiger partial charge in [0.05, 0.1) is 12.2 Å². The molecular formula is C22H28FN3O. The highest BCUT2D eigenvalue weighted by Crippen LogP contribution is 2.21. The Morgan fingerprint density at radius 1 is 1.07 bits per heavy atom. The zero-order valence-electron chi connectivity index (χ0n) is 16.1. The van der Waals surface area contributed by atoms with Crippen LogP contribution in [0.3, 0.4) is 0 Å². The van der Waals surface area contributed by atoms with E-state index in [-0.39, 0.29) is 11.7 Å². The normalized spacial score (nSPS) is 16.2. The monoisotopic (exact) mass is 369 g/mol. The molecule has 1 amide bonds. The first-order valence-electron chi connectivity index (χ1n) is 9.68. The van der Waals surface area contributed by atoms with Crippen LogP contribution < -0.4 is 10.2 Å². The van der Waals surface area contributed by atoms with Gasteiger partial charge in [0.15, 0.2) is 0 Å². The topological polar surface area (TPSA) is 35.6 Å². The molecule has 1 aliphatic rings. The summed E-state index contributed by atoms with van der Waals surface area (Å²) in [6.07, 6.45) is 1.10. The molecule has 4 nitrogen and oxygen atoms in total. The van der Waals surface area contributed by atoms with Gasteiger partial charge in [0.25, 0.3) is 0 Å². The van der Waals surface area contributed by atoms with E-state index in [1.165, 1.54) is 11.6 Å². The van der Waals surface area contributed by atoms with E-state index in [0.29, 0.717) is 18.2 Å². The third kappa shape index (κ3) is 5.07. The van der Waals surface area contributed by atoms with Crippen LogP contribution in [0.15, 0.2) is 48.5 Å². The van der Waals surface area contributed by atoms with Crippen LogP contribution in [-0.2, 0) is 4.79 Å². The van der Waals surface area contributed by atoms with Gasteiger partial charge in [-0.05, 0) is 42.2 Å². The van der Waals surface area contributed by atoms with Crippen LogP contribution in [0.1, 0.15) is 31.7 Å². The van der Waals surface area contributed by atoms with Gasteiger partial charge in [0.1, 0.15) is 5.82 Å². The minimum absolute atomic E-state index is 0.00867. The summed E-state index contributed by atoms with van der Waals surface area (Å²) in [5, 5.41) is 2.97. The molecule has 2 aromatic carbocycles. The fourth-order valence-electron chi connectivity index (χ4n) is 3.39. The number of nitrogens with zero attached hydrogens (tertiary/aromatic N) is 2. The highest BCUT2D eigenvalue weighted by atomic mass is 19.1. The van der Waals surface area contributed by atoms with Gasteiger partial charge in [-0.1, -0.05) is 38.1 Å². The predicted octanol–water partition coefficient (Wildman–Crippen LogP) is 4.10. The molecule has 27 heavy (non-hydrogen) atoms. The number of hydrogen-bond acceptors (Lipinski definition) is 3. The molecule has 0 radical (unpaired) electrons. The largest absolute Gasteiger partial charge is 0.367 e. The molecular weight excluding hydrogens is 341 g/mol. The van der Waals surface area contributed by atoms with E-state index in [1.54, 1.807) is 12.1 Å². The van der Waals surface area contributed by atoms with Crippen molar-refractivity contribution >= 4 is 17.3 Å². The number of carbonyl (C=O) groups excluding carboxylic acids is 1. The number of anilines is 2. The Morgan fingerprint density at radius 2 is 1.74 bits per heavy atom. The Balaban J connectivity index is 1.47. The highest BCUT2D eigenvalue weighted by molar-refractivity contribution is 5.92. The average molecular weight is 369 g/mol. The third-order valence-electron chi connectivity index (χ3n) is 5.31. The molecule has 0 aromatic heterocycles. The lowest BCUT2D eigenvalue weighted by atomic mass is 9.99. The summed E-state index contributed by atoms with van der Waals surface area (Å²) >= 11 is 0. The lowest BCUT2D eigenvalue weighted by Crippen LogP contribution is -2.48. The minimum atomic E-state index is -0.190. The maximum Gasteiger partial charge on any atom is 0.238 e. The van der Waals surface area contributed by atoms with Crippen LogP contribution in [0.2, 0.25) is 0 Å². The molecule has 0 aliphatic carbocycles. The standard InChI is InChI=1S/C22H28FN3O/c1-3-17(2)18-8-10-19(11-9-18)24-22(27)16-25-12-14-26(15-13-25)21-7-5-4-6-20(21)23/h4-11,17H,3,12-16H2,1-2H3,(H,24,27)/t17-/m0/s1. The number of nitrogens with one attached hydrogen (secondary N) is 1. The second-order valence-corrected chi connectivity index (χ2v) is 7.19. The van der Waals surface area contributed by atoms with Gasteiger partial charge in [-0.15, -0.1) is 0 Å². The number of rotatable bonds is 6. The molecule has 1 heterocycles. The van der Waals surface area contributed by atoms with E-state index >= 15 is 0 Å². The van der Waals surface area contributed by atoms with Gasteiger partial charge in [-0.3, -0.25) is 9.69 Å². The van der Waals surface area contributed by atoms with Gasteiger partial charge in [0.2, 0.25) is 5.91 Å². The van der Waals surface area contributed by atoms with Gasteiger partial charge < -0.3 is 10.2 Å². The van der Waals surface area contributed by atoms with Crippen LogP contribution in [0.5, 0.6) is 0 Å².